The SMILES string of the molecule is N#Cc1ccccc1-c1cccc2c3cccc(C4=CC=CCC4C#N)c3n(-c3cccc4c3C(=O)N(c3c(-c5ccccc5)cccc3-c3ccccc3)C4=O)c12. The van der Waals surface area contributed by atoms with Gasteiger partial charge in [0.15, 0.2) is 0 Å². The summed E-state index contributed by atoms with van der Waals surface area (Å²) >= 11 is 0. The molecule has 6 nitrogen and oxygen atoms in total. The minimum atomic E-state index is -0.437. The third-order valence-electron chi connectivity index (χ3n) is 11.3. The number of imide groups is 1. The molecule has 0 bridgehead atoms. The number of amides is 2. The highest BCUT2D eigenvalue weighted by Gasteiger charge is 2.42. The summed E-state index contributed by atoms with van der Waals surface area (Å²) in [5.41, 5.74) is 10.3. The van der Waals surface area contributed by atoms with Crippen LogP contribution in [-0.4, -0.2) is 16.4 Å². The van der Waals surface area contributed by atoms with Gasteiger partial charge < -0.3 is 4.57 Å². The Morgan fingerprint density at radius 2 is 1.09 bits per heavy atom. The van der Waals surface area contributed by atoms with Gasteiger partial charge in [-0.2, -0.15) is 10.5 Å². The van der Waals surface area contributed by atoms with E-state index in [1.807, 2.05) is 152 Å². The second-order valence-corrected chi connectivity index (χ2v) is 14.4. The Morgan fingerprint density at radius 3 is 1.76 bits per heavy atom. The van der Waals surface area contributed by atoms with Crippen LogP contribution < -0.4 is 4.90 Å². The van der Waals surface area contributed by atoms with Crippen LogP contribution in [0.1, 0.15) is 38.3 Å². The lowest BCUT2D eigenvalue weighted by Crippen LogP contribution is -2.30. The van der Waals surface area contributed by atoms with Crippen molar-refractivity contribution in [2.75, 3.05) is 4.90 Å². The van der Waals surface area contributed by atoms with Gasteiger partial charge in [-0.05, 0) is 41.3 Å². The highest BCUT2D eigenvalue weighted by atomic mass is 16.2. The van der Waals surface area contributed by atoms with Gasteiger partial charge in [0.1, 0.15) is 0 Å². The molecule has 1 unspecified atom stereocenters. The number of rotatable bonds is 6. The van der Waals surface area contributed by atoms with Crippen molar-refractivity contribution in [3.63, 3.8) is 0 Å². The van der Waals surface area contributed by atoms with Gasteiger partial charge in [0, 0.05) is 38.6 Å². The fraction of sp³-hybridized carbons (Fsp3) is 0.0385. The first kappa shape index (κ1) is 34.4. The second-order valence-electron chi connectivity index (χ2n) is 14.4. The molecule has 1 atom stereocenters. The van der Waals surface area contributed by atoms with E-state index in [-0.39, 0.29) is 11.5 Å². The molecule has 0 spiro atoms. The lowest BCUT2D eigenvalue weighted by atomic mass is 9.86. The van der Waals surface area contributed by atoms with Gasteiger partial charge >= 0.3 is 0 Å². The molecule has 0 fully saturated rings. The largest absolute Gasteiger partial charge is 0.307 e. The van der Waals surface area contributed by atoms with Crippen molar-refractivity contribution >= 4 is 44.9 Å². The summed E-state index contributed by atoms with van der Waals surface area (Å²) in [6.45, 7) is 0. The van der Waals surface area contributed by atoms with Crippen LogP contribution in [0.25, 0.3) is 66.4 Å². The minimum Gasteiger partial charge on any atom is -0.307 e. The predicted molar refractivity (Wildman–Crippen MR) is 230 cm³/mol. The molecule has 1 aromatic heterocycles. The summed E-state index contributed by atoms with van der Waals surface area (Å²) in [4.78, 5) is 31.8. The van der Waals surface area contributed by atoms with Crippen molar-refractivity contribution in [2.45, 2.75) is 6.42 Å². The molecule has 272 valence electrons. The summed E-state index contributed by atoms with van der Waals surface area (Å²) in [7, 11) is 0. The number of hydrogen-bond donors (Lipinski definition) is 0. The quantitative estimate of drug-likeness (QED) is 0.159. The minimum absolute atomic E-state index is 0.278. The molecule has 0 saturated carbocycles. The van der Waals surface area contributed by atoms with E-state index in [1.165, 1.54) is 4.90 Å². The van der Waals surface area contributed by atoms with E-state index in [0.717, 1.165) is 66.3 Å². The second kappa shape index (κ2) is 13.9. The Labute approximate surface area is 335 Å². The maximum atomic E-state index is 15.5. The van der Waals surface area contributed by atoms with Gasteiger partial charge in [-0.3, -0.25) is 9.59 Å². The van der Waals surface area contributed by atoms with Crippen LogP contribution in [0, 0.1) is 28.6 Å². The molecule has 1 aliphatic heterocycles. The number of carbonyl (C=O) groups excluding carboxylic acids is 2. The number of benzene rings is 7. The number of hydrogen-bond acceptors (Lipinski definition) is 4. The molecular weight excluding hydrogens is 713 g/mol. The van der Waals surface area contributed by atoms with E-state index in [2.05, 4.69) is 28.8 Å². The van der Waals surface area contributed by atoms with Crippen molar-refractivity contribution < 1.29 is 9.59 Å². The third-order valence-corrected chi connectivity index (χ3v) is 11.3. The van der Waals surface area contributed by atoms with E-state index in [9.17, 15) is 15.3 Å². The highest BCUT2D eigenvalue weighted by Crippen LogP contribution is 2.47. The molecule has 0 radical (unpaired) electrons. The molecule has 1 aliphatic carbocycles. The molecular formula is C52H32N4O2. The zero-order valence-corrected chi connectivity index (χ0v) is 31.1. The monoisotopic (exact) mass is 744 g/mol. The molecule has 6 heteroatoms. The summed E-state index contributed by atoms with van der Waals surface area (Å²) in [6, 6.07) is 55.5. The van der Waals surface area contributed by atoms with Gasteiger partial charge in [-0.15, -0.1) is 0 Å². The molecule has 8 aromatic rings. The highest BCUT2D eigenvalue weighted by molar-refractivity contribution is 6.37. The van der Waals surface area contributed by atoms with Crippen LogP contribution in [0.5, 0.6) is 0 Å². The number of nitrogens with zero attached hydrogens (tertiary/aromatic N) is 4. The van der Waals surface area contributed by atoms with Crippen molar-refractivity contribution in [2.24, 2.45) is 5.92 Å². The Morgan fingerprint density at radius 1 is 0.534 bits per heavy atom. The Balaban J connectivity index is 1.29. The lowest BCUT2D eigenvalue weighted by molar-refractivity contribution is 0.0926. The topological polar surface area (TPSA) is 89.9 Å². The Bertz CT molecular complexity index is 3100. The molecule has 2 heterocycles. The zero-order valence-electron chi connectivity index (χ0n) is 31.1. The van der Waals surface area contributed by atoms with Crippen molar-refractivity contribution in [1.29, 1.82) is 10.5 Å². The van der Waals surface area contributed by atoms with Gasteiger partial charge in [-0.25, -0.2) is 4.90 Å². The number of allylic oxidation sites excluding steroid dienone is 4. The number of nitriles is 2. The Hall–Kier alpha value is -8.06. The molecule has 2 amide bonds. The van der Waals surface area contributed by atoms with Crippen molar-refractivity contribution in [3.8, 4) is 51.2 Å². The number of carbonyl (C=O) groups is 2. The van der Waals surface area contributed by atoms with Gasteiger partial charge in [0.2, 0.25) is 0 Å². The van der Waals surface area contributed by atoms with Crippen molar-refractivity contribution in [3.05, 3.63) is 198 Å². The fourth-order valence-corrected chi connectivity index (χ4v) is 8.79. The van der Waals surface area contributed by atoms with Gasteiger partial charge in [-0.1, -0.05) is 158 Å². The average molecular weight is 745 g/mol. The molecule has 7 aromatic carbocycles. The predicted octanol–water partition coefficient (Wildman–Crippen LogP) is 11.9. The molecule has 10 rings (SSSR count). The van der Waals surface area contributed by atoms with E-state index in [0.29, 0.717) is 28.9 Å². The first-order valence-electron chi connectivity index (χ1n) is 19.2. The lowest BCUT2D eigenvalue weighted by Gasteiger charge is -2.23. The van der Waals surface area contributed by atoms with E-state index >= 15 is 4.79 Å². The number of aromatic nitrogens is 1. The molecule has 2 aliphatic rings. The third kappa shape index (κ3) is 5.24. The average Bonchev–Trinajstić information content (AvgIpc) is 3.77. The van der Waals surface area contributed by atoms with Crippen LogP contribution in [0.3, 0.4) is 0 Å². The fourth-order valence-electron chi connectivity index (χ4n) is 8.79. The summed E-state index contributed by atoms with van der Waals surface area (Å²) in [5, 5.41) is 22.5. The standard InChI is InChI=1S/C52H32N4O2/c53-31-35-19-7-9-21-37(35)41-25-12-27-43-44-28-13-26-42(38-22-10-8-20-36(38)32-54)50(44)55(49(41)43)46-30-14-29-45-47(46)52(58)56(51(45)57)48-39(33-15-3-1-4-16-33)23-11-24-40(48)34-17-5-2-6-18-34/h1-19,21-30,36H,20H2. The summed E-state index contributed by atoms with van der Waals surface area (Å²) in [5.74, 6) is -1.23. The van der Waals surface area contributed by atoms with Crippen LogP contribution >= 0.6 is 0 Å². The van der Waals surface area contributed by atoms with Crippen LogP contribution in [0.4, 0.5) is 5.69 Å². The van der Waals surface area contributed by atoms with Gasteiger partial charge in [0.25, 0.3) is 11.8 Å². The van der Waals surface area contributed by atoms with Crippen LogP contribution in [0.2, 0.25) is 0 Å². The summed E-state index contributed by atoms with van der Waals surface area (Å²) < 4.78 is 2.09. The molecule has 0 saturated heterocycles. The summed E-state index contributed by atoms with van der Waals surface area (Å²) in [6.07, 6.45) is 6.56. The van der Waals surface area contributed by atoms with Crippen LogP contribution in [0.15, 0.2) is 176 Å². The number of para-hydroxylation sites is 3. The van der Waals surface area contributed by atoms with E-state index in [1.54, 1.807) is 12.1 Å². The zero-order chi connectivity index (χ0) is 39.3. The first-order chi connectivity index (χ1) is 28.6. The molecule has 0 N–H and O–H groups in total. The smallest absolute Gasteiger partial charge is 0.268 e. The Kier molecular flexibility index (Phi) is 8.25. The van der Waals surface area contributed by atoms with E-state index < -0.39 is 11.8 Å². The molecule has 58 heavy (non-hydrogen) atoms. The normalized spacial score (nSPS) is 14.7. The maximum Gasteiger partial charge on any atom is 0.268 e. The first-order valence-corrected chi connectivity index (χ1v) is 19.2. The maximum absolute atomic E-state index is 15.5. The van der Waals surface area contributed by atoms with Crippen LogP contribution in [-0.2, 0) is 0 Å². The van der Waals surface area contributed by atoms with Gasteiger partial charge in [0.05, 0.1) is 57.2 Å². The number of anilines is 1. The van der Waals surface area contributed by atoms with E-state index in [4.69, 9.17) is 0 Å². The van der Waals surface area contributed by atoms with Crippen molar-refractivity contribution in [1.82, 2.24) is 4.57 Å². The number of fused-ring (bicyclic) bond motifs is 4.